The minimum Gasteiger partial charge on any atom is -0.474 e. The van der Waals surface area contributed by atoms with Crippen molar-refractivity contribution in [1.82, 2.24) is 14.9 Å². The Kier molecular flexibility index (Phi) is 5.93. The van der Waals surface area contributed by atoms with Gasteiger partial charge in [0, 0.05) is 43.3 Å². The average Bonchev–Trinajstić information content (AvgIpc) is 2.74. The molecule has 0 saturated carbocycles. The molecular weight excluding hydrogens is 378 g/mol. The topological polar surface area (TPSA) is 64.5 Å². The van der Waals surface area contributed by atoms with E-state index in [0.717, 1.165) is 24.3 Å². The number of para-hydroxylation sites is 1. The summed E-state index contributed by atoms with van der Waals surface area (Å²) >= 11 is 0. The number of benzene rings is 2. The van der Waals surface area contributed by atoms with E-state index in [1.807, 2.05) is 79.4 Å². The third-order valence-electron chi connectivity index (χ3n) is 5.04. The fourth-order valence-electron chi connectivity index (χ4n) is 3.56. The second kappa shape index (κ2) is 8.95. The number of nitrogens with zero attached hydrogens (tertiary/aromatic N) is 3. The van der Waals surface area contributed by atoms with Crippen LogP contribution in [0.3, 0.4) is 0 Å². The molecule has 0 atom stereocenters. The van der Waals surface area contributed by atoms with Crippen molar-refractivity contribution in [3.63, 3.8) is 0 Å². The van der Waals surface area contributed by atoms with Gasteiger partial charge in [-0.1, -0.05) is 18.2 Å². The van der Waals surface area contributed by atoms with Crippen LogP contribution in [0, 0.1) is 13.8 Å². The van der Waals surface area contributed by atoms with Gasteiger partial charge in [-0.15, -0.1) is 0 Å². The molecular formula is C24H25N3O3. The van der Waals surface area contributed by atoms with Gasteiger partial charge in [0.2, 0.25) is 5.88 Å². The van der Waals surface area contributed by atoms with E-state index < -0.39 is 0 Å². The lowest BCUT2D eigenvalue weighted by molar-refractivity contribution is 0.0587. The molecule has 0 spiro atoms. The lowest BCUT2D eigenvalue weighted by Gasteiger charge is -2.32. The Hall–Kier alpha value is -3.41. The van der Waals surface area contributed by atoms with E-state index in [9.17, 15) is 4.79 Å². The number of carbonyl (C=O) groups is 1. The van der Waals surface area contributed by atoms with E-state index in [0.29, 0.717) is 36.1 Å². The Morgan fingerprint density at radius 2 is 1.60 bits per heavy atom. The Labute approximate surface area is 176 Å². The quantitative estimate of drug-likeness (QED) is 0.624. The van der Waals surface area contributed by atoms with Gasteiger partial charge in [0.05, 0.1) is 0 Å². The van der Waals surface area contributed by atoms with Crippen molar-refractivity contribution in [3.8, 4) is 17.4 Å². The summed E-state index contributed by atoms with van der Waals surface area (Å²) in [5, 5.41) is 0. The number of likely N-dealkylation sites (tertiary alicyclic amines) is 1. The Bertz CT molecular complexity index is 978. The van der Waals surface area contributed by atoms with Crippen molar-refractivity contribution >= 4 is 5.91 Å². The summed E-state index contributed by atoms with van der Waals surface area (Å²) in [5.74, 6) is 2.83. The van der Waals surface area contributed by atoms with Gasteiger partial charge in [0.15, 0.2) is 0 Å². The maximum Gasteiger partial charge on any atom is 0.253 e. The molecule has 0 aliphatic carbocycles. The van der Waals surface area contributed by atoms with Crippen LogP contribution in [0.15, 0.2) is 60.7 Å². The number of rotatable bonds is 5. The van der Waals surface area contributed by atoms with Gasteiger partial charge < -0.3 is 14.4 Å². The summed E-state index contributed by atoms with van der Waals surface area (Å²) in [5.41, 5.74) is 1.56. The van der Waals surface area contributed by atoms with Crippen LogP contribution in [0.5, 0.6) is 17.4 Å². The van der Waals surface area contributed by atoms with Crippen molar-refractivity contribution in [1.29, 1.82) is 0 Å². The van der Waals surface area contributed by atoms with E-state index in [1.54, 1.807) is 0 Å². The van der Waals surface area contributed by atoms with Crippen molar-refractivity contribution < 1.29 is 14.3 Å². The number of hydrogen-bond donors (Lipinski definition) is 0. The molecule has 0 unspecified atom stereocenters. The van der Waals surface area contributed by atoms with E-state index in [2.05, 4.69) is 9.97 Å². The first kappa shape index (κ1) is 19.9. The second-order valence-electron chi connectivity index (χ2n) is 7.44. The SMILES string of the molecule is Cc1cc(OC2CCN(C(=O)c3ccc(Oc4ccccc4)cc3)CC2)nc(C)n1. The first-order chi connectivity index (χ1) is 14.6. The molecule has 4 rings (SSSR count). The van der Waals surface area contributed by atoms with Gasteiger partial charge >= 0.3 is 0 Å². The molecule has 0 N–H and O–H groups in total. The third kappa shape index (κ3) is 4.95. The smallest absolute Gasteiger partial charge is 0.253 e. The van der Waals surface area contributed by atoms with Crippen LogP contribution in [0.4, 0.5) is 0 Å². The summed E-state index contributed by atoms with van der Waals surface area (Å²) in [4.78, 5) is 23.3. The minimum atomic E-state index is 0.0356. The second-order valence-corrected chi connectivity index (χ2v) is 7.44. The highest BCUT2D eigenvalue weighted by Gasteiger charge is 2.25. The fourth-order valence-corrected chi connectivity index (χ4v) is 3.56. The summed E-state index contributed by atoms with van der Waals surface area (Å²) in [7, 11) is 0. The average molecular weight is 403 g/mol. The molecule has 2 aromatic carbocycles. The van der Waals surface area contributed by atoms with Crippen LogP contribution in [-0.4, -0.2) is 40.0 Å². The van der Waals surface area contributed by atoms with Crippen molar-refractivity contribution in [2.75, 3.05) is 13.1 Å². The molecule has 1 aromatic heterocycles. The summed E-state index contributed by atoms with van der Waals surface area (Å²) in [6, 6.07) is 18.7. The van der Waals surface area contributed by atoms with Gasteiger partial charge in [0.25, 0.3) is 5.91 Å². The molecule has 6 nitrogen and oxygen atoms in total. The maximum absolute atomic E-state index is 12.8. The van der Waals surface area contributed by atoms with E-state index in [4.69, 9.17) is 9.47 Å². The van der Waals surface area contributed by atoms with Crippen LogP contribution in [-0.2, 0) is 0 Å². The lowest BCUT2D eigenvalue weighted by atomic mass is 10.1. The highest BCUT2D eigenvalue weighted by molar-refractivity contribution is 5.94. The standard InChI is InChI=1S/C24H25N3O3/c1-17-16-23(26-18(2)25-17)30-22-12-14-27(15-13-22)24(28)19-8-10-21(11-9-19)29-20-6-4-3-5-7-20/h3-11,16,22H,12-15H2,1-2H3. The summed E-state index contributed by atoms with van der Waals surface area (Å²) in [6.07, 6.45) is 1.62. The van der Waals surface area contributed by atoms with Crippen LogP contribution in [0.1, 0.15) is 34.7 Å². The van der Waals surface area contributed by atoms with Crippen molar-refractivity contribution in [2.45, 2.75) is 32.8 Å². The van der Waals surface area contributed by atoms with Gasteiger partial charge in [-0.2, -0.15) is 4.98 Å². The molecule has 3 aromatic rings. The number of amides is 1. The summed E-state index contributed by atoms with van der Waals surface area (Å²) in [6.45, 7) is 5.11. The molecule has 1 amide bonds. The normalized spacial score (nSPS) is 14.4. The lowest BCUT2D eigenvalue weighted by Crippen LogP contribution is -2.41. The molecule has 1 saturated heterocycles. The molecule has 6 heteroatoms. The van der Waals surface area contributed by atoms with Crippen molar-refractivity contribution in [3.05, 3.63) is 77.7 Å². The largest absolute Gasteiger partial charge is 0.474 e. The van der Waals surface area contributed by atoms with Gasteiger partial charge in [0.1, 0.15) is 23.4 Å². The van der Waals surface area contributed by atoms with Gasteiger partial charge in [-0.25, -0.2) is 4.98 Å². The van der Waals surface area contributed by atoms with Gasteiger partial charge in [-0.05, 0) is 50.2 Å². The minimum absolute atomic E-state index is 0.0356. The number of ether oxygens (including phenoxy) is 2. The van der Waals surface area contributed by atoms with E-state index in [1.165, 1.54) is 0 Å². The first-order valence-corrected chi connectivity index (χ1v) is 10.2. The number of piperidine rings is 1. The zero-order chi connectivity index (χ0) is 20.9. The monoisotopic (exact) mass is 403 g/mol. The third-order valence-corrected chi connectivity index (χ3v) is 5.04. The van der Waals surface area contributed by atoms with E-state index >= 15 is 0 Å². The van der Waals surface area contributed by atoms with E-state index in [-0.39, 0.29) is 12.0 Å². The number of aromatic nitrogens is 2. The Morgan fingerprint density at radius 3 is 2.27 bits per heavy atom. The van der Waals surface area contributed by atoms with Crippen LogP contribution >= 0.6 is 0 Å². The van der Waals surface area contributed by atoms with Gasteiger partial charge in [-0.3, -0.25) is 4.79 Å². The Morgan fingerprint density at radius 1 is 0.933 bits per heavy atom. The number of carbonyl (C=O) groups excluding carboxylic acids is 1. The zero-order valence-corrected chi connectivity index (χ0v) is 17.2. The molecule has 154 valence electrons. The predicted molar refractivity (Wildman–Crippen MR) is 114 cm³/mol. The number of aryl methyl sites for hydroxylation is 2. The molecule has 2 heterocycles. The maximum atomic E-state index is 12.8. The Balaban J connectivity index is 1.31. The molecule has 0 bridgehead atoms. The molecule has 1 aliphatic rings. The number of hydrogen-bond acceptors (Lipinski definition) is 5. The van der Waals surface area contributed by atoms with Crippen LogP contribution in [0.2, 0.25) is 0 Å². The summed E-state index contributed by atoms with van der Waals surface area (Å²) < 4.78 is 11.8. The molecule has 1 fully saturated rings. The van der Waals surface area contributed by atoms with Crippen molar-refractivity contribution in [2.24, 2.45) is 0 Å². The molecule has 0 radical (unpaired) electrons. The molecule has 1 aliphatic heterocycles. The molecule has 30 heavy (non-hydrogen) atoms. The first-order valence-electron chi connectivity index (χ1n) is 10.2. The highest BCUT2D eigenvalue weighted by atomic mass is 16.5. The predicted octanol–water partition coefficient (Wildman–Crippen LogP) is 4.57. The van der Waals surface area contributed by atoms with Crippen LogP contribution in [0.25, 0.3) is 0 Å². The van der Waals surface area contributed by atoms with Crippen LogP contribution < -0.4 is 9.47 Å². The highest BCUT2D eigenvalue weighted by Crippen LogP contribution is 2.23. The zero-order valence-electron chi connectivity index (χ0n) is 17.2. The fraction of sp³-hybridized carbons (Fsp3) is 0.292.